The lowest BCUT2D eigenvalue weighted by Gasteiger charge is -2.37. The van der Waals surface area contributed by atoms with Gasteiger partial charge in [-0.2, -0.15) is 0 Å². The van der Waals surface area contributed by atoms with Crippen molar-refractivity contribution < 1.29 is 14.3 Å². The molecule has 7 nitrogen and oxygen atoms in total. The van der Waals surface area contributed by atoms with Gasteiger partial charge in [-0.3, -0.25) is 14.6 Å². The molecule has 1 aromatic rings. The highest BCUT2D eigenvalue weighted by Gasteiger charge is 2.36. The number of likely N-dealkylation sites (tertiary alicyclic amines) is 1. The molecule has 0 saturated carbocycles. The third kappa shape index (κ3) is 4.49. The molecule has 120 valence electrons. The second kappa shape index (κ2) is 7.84. The van der Waals surface area contributed by atoms with Crippen LogP contribution < -0.4 is 5.32 Å². The number of nitrogens with one attached hydrogen (secondary N) is 1. The van der Waals surface area contributed by atoms with Crippen LogP contribution in [0.2, 0.25) is 0 Å². The molecule has 7 heteroatoms. The summed E-state index contributed by atoms with van der Waals surface area (Å²) in [5.74, 6) is -0.318. The molecule has 0 spiro atoms. The van der Waals surface area contributed by atoms with Crippen LogP contribution in [0, 0.1) is 5.92 Å². The monoisotopic (exact) mass is 306 g/mol. The highest BCUT2D eigenvalue weighted by molar-refractivity contribution is 5.94. The standard InChI is InChI=1S/C15H22N4O3/c1-11(2)22-7-3-4-18-14(20)12-9-19(10-12)15(21)13-8-16-5-6-17-13/h5-6,8,11-12H,3-4,7,9-10H2,1-2H3,(H,18,20). The Morgan fingerprint density at radius 2 is 2.18 bits per heavy atom. The van der Waals surface area contributed by atoms with E-state index in [1.165, 1.54) is 18.6 Å². The third-order valence-electron chi connectivity index (χ3n) is 3.39. The zero-order valence-electron chi connectivity index (χ0n) is 13.0. The summed E-state index contributed by atoms with van der Waals surface area (Å²) in [5.41, 5.74) is 0.312. The van der Waals surface area contributed by atoms with E-state index in [9.17, 15) is 9.59 Å². The van der Waals surface area contributed by atoms with Gasteiger partial charge in [0.15, 0.2) is 0 Å². The van der Waals surface area contributed by atoms with Gasteiger partial charge in [0, 0.05) is 38.6 Å². The van der Waals surface area contributed by atoms with Crippen molar-refractivity contribution in [2.45, 2.75) is 26.4 Å². The molecule has 0 bridgehead atoms. The van der Waals surface area contributed by atoms with Crippen molar-refractivity contribution in [2.24, 2.45) is 5.92 Å². The van der Waals surface area contributed by atoms with Crippen LogP contribution in [0.25, 0.3) is 0 Å². The fourth-order valence-electron chi connectivity index (χ4n) is 2.13. The summed E-state index contributed by atoms with van der Waals surface area (Å²) < 4.78 is 5.40. The normalized spacial score (nSPS) is 14.8. The Bertz CT molecular complexity index is 501. The van der Waals surface area contributed by atoms with Crippen LogP contribution in [-0.2, 0) is 9.53 Å². The topological polar surface area (TPSA) is 84.4 Å². The second-order valence-electron chi connectivity index (χ2n) is 5.56. The number of hydrogen-bond acceptors (Lipinski definition) is 5. The summed E-state index contributed by atoms with van der Waals surface area (Å²) in [4.78, 5) is 33.4. The van der Waals surface area contributed by atoms with Crippen LogP contribution in [0.1, 0.15) is 30.8 Å². The number of rotatable bonds is 7. The zero-order chi connectivity index (χ0) is 15.9. The van der Waals surface area contributed by atoms with Crippen molar-refractivity contribution in [1.82, 2.24) is 20.2 Å². The van der Waals surface area contributed by atoms with Gasteiger partial charge in [-0.05, 0) is 20.3 Å². The lowest BCUT2D eigenvalue weighted by molar-refractivity contribution is -0.129. The van der Waals surface area contributed by atoms with E-state index < -0.39 is 0 Å². The molecule has 22 heavy (non-hydrogen) atoms. The van der Waals surface area contributed by atoms with E-state index in [4.69, 9.17) is 4.74 Å². The minimum absolute atomic E-state index is 0.00672. The largest absolute Gasteiger partial charge is 0.379 e. The highest BCUT2D eigenvalue weighted by atomic mass is 16.5. The van der Waals surface area contributed by atoms with Crippen LogP contribution in [0.4, 0.5) is 0 Å². The molecule has 2 heterocycles. The molecule has 1 aromatic heterocycles. The predicted molar refractivity (Wildman–Crippen MR) is 80.1 cm³/mol. The molecule has 1 N–H and O–H groups in total. The van der Waals surface area contributed by atoms with Crippen LogP contribution >= 0.6 is 0 Å². The van der Waals surface area contributed by atoms with Gasteiger partial charge >= 0.3 is 0 Å². The second-order valence-corrected chi connectivity index (χ2v) is 5.56. The minimum atomic E-state index is -0.178. The molecule has 2 amide bonds. The first-order valence-corrected chi connectivity index (χ1v) is 7.52. The van der Waals surface area contributed by atoms with E-state index in [0.717, 1.165) is 6.42 Å². The van der Waals surface area contributed by atoms with Crippen molar-refractivity contribution in [1.29, 1.82) is 0 Å². The first-order chi connectivity index (χ1) is 10.6. The lowest BCUT2D eigenvalue weighted by Crippen LogP contribution is -2.56. The average molecular weight is 306 g/mol. The van der Waals surface area contributed by atoms with Crippen LogP contribution in [0.5, 0.6) is 0 Å². The SMILES string of the molecule is CC(C)OCCCNC(=O)C1CN(C(=O)c2cnccn2)C1. The number of hydrogen-bond donors (Lipinski definition) is 1. The van der Waals surface area contributed by atoms with Gasteiger partial charge in [-0.1, -0.05) is 0 Å². The fraction of sp³-hybridized carbons (Fsp3) is 0.600. The molecule has 0 atom stereocenters. The number of aromatic nitrogens is 2. The van der Waals surface area contributed by atoms with Gasteiger partial charge in [0.1, 0.15) is 5.69 Å². The van der Waals surface area contributed by atoms with Crippen molar-refractivity contribution in [3.8, 4) is 0 Å². The van der Waals surface area contributed by atoms with Crippen molar-refractivity contribution in [2.75, 3.05) is 26.2 Å². The van der Waals surface area contributed by atoms with Gasteiger partial charge in [0.25, 0.3) is 5.91 Å². The Kier molecular flexibility index (Phi) is 5.83. The Hall–Kier alpha value is -2.02. The van der Waals surface area contributed by atoms with E-state index in [-0.39, 0.29) is 23.8 Å². The maximum absolute atomic E-state index is 12.0. The minimum Gasteiger partial charge on any atom is -0.379 e. The smallest absolute Gasteiger partial charge is 0.274 e. The lowest BCUT2D eigenvalue weighted by atomic mass is 9.98. The van der Waals surface area contributed by atoms with Gasteiger partial charge in [0.05, 0.1) is 18.2 Å². The average Bonchev–Trinajstić information content (AvgIpc) is 2.45. The van der Waals surface area contributed by atoms with Gasteiger partial charge in [-0.15, -0.1) is 0 Å². The fourth-order valence-corrected chi connectivity index (χ4v) is 2.13. The Balaban J connectivity index is 1.64. The molecule has 1 aliphatic heterocycles. The zero-order valence-corrected chi connectivity index (χ0v) is 13.0. The molecule has 0 aromatic carbocycles. The number of carbonyl (C=O) groups is 2. The van der Waals surface area contributed by atoms with Crippen LogP contribution in [0.3, 0.4) is 0 Å². The molecule has 0 radical (unpaired) electrons. The van der Waals surface area contributed by atoms with Gasteiger partial charge < -0.3 is 15.0 Å². The van der Waals surface area contributed by atoms with Crippen LogP contribution in [0.15, 0.2) is 18.6 Å². The molecule has 1 fully saturated rings. The Morgan fingerprint density at radius 1 is 1.41 bits per heavy atom. The van der Waals surface area contributed by atoms with E-state index in [1.807, 2.05) is 13.8 Å². The number of carbonyl (C=O) groups excluding carboxylic acids is 2. The van der Waals surface area contributed by atoms with Gasteiger partial charge in [-0.25, -0.2) is 4.98 Å². The highest BCUT2D eigenvalue weighted by Crippen LogP contribution is 2.17. The first-order valence-electron chi connectivity index (χ1n) is 7.52. The van der Waals surface area contributed by atoms with Crippen molar-refractivity contribution in [3.05, 3.63) is 24.3 Å². The third-order valence-corrected chi connectivity index (χ3v) is 3.39. The van der Waals surface area contributed by atoms with Crippen LogP contribution in [-0.4, -0.2) is 59.0 Å². The number of amides is 2. The Labute approximate surface area is 130 Å². The predicted octanol–water partition coefficient (Wildman–Crippen LogP) is 0.480. The first kappa shape index (κ1) is 16.4. The molecule has 0 aliphatic carbocycles. The molecule has 1 saturated heterocycles. The summed E-state index contributed by atoms with van der Waals surface area (Å²) in [5, 5.41) is 2.87. The van der Waals surface area contributed by atoms with E-state index in [2.05, 4.69) is 15.3 Å². The molecular weight excluding hydrogens is 284 g/mol. The van der Waals surface area contributed by atoms with Crippen molar-refractivity contribution >= 4 is 11.8 Å². The number of nitrogens with zero attached hydrogens (tertiary/aromatic N) is 3. The molecular formula is C15H22N4O3. The van der Waals surface area contributed by atoms with E-state index in [1.54, 1.807) is 4.90 Å². The summed E-state index contributed by atoms with van der Waals surface area (Å²) >= 11 is 0. The van der Waals surface area contributed by atoms with E-state index in [0.29, 0.717) is 31.9 Å². The maximum atomic E-state index is 12.0. The summed E-state index contributed by atoms with van der Waals surface area (Å²) in [6, 6.07) is 0. The Morgan fingerprint density at radius 3 is 2.82 bits per heavy atom. The molecule has 1 aliphatic rings. The maximum Gasteiger partial charge on any atom is 0.274 e. The summed E-state index contributed by atoms with van der Waals surface area (Å²) in [6.07, 6.45) is 5.44. The summed E-state index contributed by atoms with van der Waals surface area (Å²) in [7, 11) is 0. The summed E-state index contributed by atoms with van der Waals surface area (Å²) in [6.45, 7) is 6.07. The van der Waals surface area contributed by atoms with Crippen molar-refractivity contribution in [3.63, 3.8) is 0 Å². The van der Waals surface area contributed by atoms with E-state index >= 15 is 0 Å². The molecule has 0 unspecified atom stereocenters. The number of ether oxygens (including phenoxy) is 1. The molecule has 2 rings (SSSR count). The van der Waals surface area contributed by atoms with Gasteiger partial charge in [0.2, 0.25) is 5.91 Å². The quantitative estimate of drug-likeness (QED) is 0.741.